The minimum absolute atomic E-state index is 0.469. The van der Waals surface area contributed by atoms with Gasteiger partial charge >= 0.3 is 0 Å². The zero-order valence-corrected chi connectivity index (χ0v) is 20.2. The van der Waals surface area contributed by atoms with E-state index in [2.05, 4.69) is 0 Å². The van der Waals surface area contributed by atoms with Crippen LogP contribution in [0.15, 0.2) is 99.9 Å². The van der Waals surface area contributed by atoms with Crippen molar-refractivity contribution in [1.29, 1.82) is 0 Å². The van der Waals surface area contributed by atoms with Crippen molar-refractivity contribution in [2.24, 2.45) is 15.0 Å². The first-order valence-corrected chi connectivity index (χ1v) is 11.5. The lowest BCUT2D eigenvalue weighted by molar-refractivity contribution is 0.415. The molecule has 33 heavy (non-hydrogen) atoms. The molecule has 0 atom stereocenters. The smallest absolute Gasteiger partial charge is 0.197 e. The number of amidine groups is 2. The number of para-hydroxylation sites is 2. The van der Waals surface area contributed by atoms with Crippen LogP contribution in [0, 0.1) is 0 Å². The number of aliphatic imine (C=N–C) groups is 3. The number of methoxy groups -OCH3 is 1. The van der Waals surface area contributed by atoms with E-state index in [0.29, 0.717) is 16.1 Å². The molecule has 0 aliphatic carbocycles. The van der Waals surface area contributed by atoms with Crippen molar-refractivity contribution >= 4 is 62.2 Å². The molecule has 1 heterocycles. The van der Waals surface area contributed by atoms with Crippen molar-refractivity contribution in [2.45, 2.75) is 0 Å². The van der Waals surface area contributed by atoms with E-state index in [4.69, 9.17) is 31.9 Å². The van der Waals surface area contributed by atoms with Crippen LogP contribution in [0.25, 0.3) is 0 Å². The van der Waals surface area contributed by atoms with E-state index in [1.54, 1.807) is 12.0 Å². The van der Waals surface area contributed by atoms with Crippen LogP contribution in [0.5, 0.6) is 5.75 Å². The van der Waals surface area contributed by atoms with Gasteiger partial charge in [-0.1, -0.05) is 36.4 Å². The number of thioether (sulfide) groups is 1. The van der Waals surface area contributed by atoms with Crippen LogP contribution in [0.1, 0.15) is 0 Å². The normalized spacial score (nSPS) is 17.1. The van der Waals surface area contributed by atoms with Gasteiger partial charge in [-0.15, -0.1) is 0 Å². The second kappa shape index (κ2) is 10.4. The van der Waals surface area contributed by atoms with E-state index < -0.39 is 0 Å². The van der Waals surface area contributed by atoms with Crippen LogP contribution >= 0.6 is 24.0 Å². The maximum Gasteiger partial charge on any atom is 0.197 e. The predicted octanol–water partition coefficient (Wildman–Crippen LogP) is 5.91. The minimum Gasteiger partial charge on any atom is -0.497 e. The van der Waals surface area contributed by atoms with Gasteiger partial charge in [-0.05, 0) is 72.5 Å². The molecule has 0 radical (unpaired) electrons. The zero-order chi connectivity index (χ0) is 23.2. The van der Waals surface area contributed by atoms with Crippen LogP contribution in [0.2, 0.25) is 0 Å². The average molecular weight is 474 g/mol. The van der Waals surface area contributed by atoms with Crippen LogP contribution in [-0.4, -0.2) is 47.3 Å². The van der Waals surface area contributed by atoms with Gasteiger partial charge in [-0.2, -0.15) is 4.99 Å². The first-order valence-electron chi connectivity index (χ1n) is 10.2. The lowest BCUT2D eigenvalue weighted by atomic mass is 10.2. The molecule has 8 heteroatoms. The van der Waals surface area contributed by atoms with Crippen molar-refractivity contribution < 1.29 is 4.74 Å². The Labute approximate surface area is 203 Å². The van der Waals surface area contributed by atoms with Gasteiger partial charge in [0, 0.05) is 19.8 Å². The van der Waals surface area contributed by atoms with Crippen LogP contribution in [0.3, 0.4) is 0 Å². The first kappa shape index (κ1) is 22.7. The lowest BCUT2D eigenvalue weighted by Crippen LogP contribution is -2.32. The molecule has 0 amide bonds. The molecule has 0 unspecified atom stereocenters. The molecule has 0 N–H and O–H groups in total. The summed E-state index contributed by atoms with van der Waals surface area (Å²) in [7, 11) is 5.40. The lowest BCUT2D eigenvalue weighted by Gasteiger charge is -2.20. The topological polar surface area (TPSA) is 52.8 Å². The molecule has 1 fully saturated rings. The first-order chi connectivity index (χ1) is 16.0. The number of hydrogen-bond acceptors (Lipinski definition) is 5. The molecule has 0 spiro atoms. The average Bonchev–Trinajstić information content (AvgIpc) is 3.16. The summed E-state index contributed by atoms with van der Waals surface area (Å²) in [6, 6.07) is 27.4. The Balaban J connectivity index is 1.89. The molecule has 0 bridgehead atoms. The maximum absolute atomic E-state index is 5.49. The fourth-order valence-corrected chi connectivity index (χ4v) is 4.11. The third-order valence-corrected chi connectivity index (χ3v) is 6.04. The summed E-state index contributed by atoms with van der Waals surface area (Å²) >= 11 is 6.93. The summed E-state index contributed by atoms with van der Waals surface area (Å²) in [6.07, 6.45) is 0. The van der Waals surface area contributed by atoms with Gasteiger partial charge in [0.15, 0.2) is 16.1 Å². The number of nitrogens with zero attached hydrogens (tertiary/aromatic N) is 5. The van der Waals surface area contributed by atoms with Gasteiger partial charge in [0.1, 0.15) is 10.8 Å². The number of thiocarbonyl (C=S) groups is 1. The van der Waals surface area contributed by atoms with Gasteiger partial charge < -0.3 is 9.64 Å². The Kier molecular flexibility index (Phi) is 7.16. The third kappa shape index (κ3) is 5.47. The molecule has 3 aromatic rings. The van der Waals surface area contributed by atoms with E-state index in [1.165, 1.54) is 11.8 Å². The predicted molar refractivity (Wildman–Crippen MR) is 144 cm³/mol. The number of hydrogen-bond donors (Lipinski definition) is 0. The SMILES string of the molecule is COc1ccc(N2C(=NC(=S)N(C)C)SC(=Nc3ccccc3)C2=Nc2ccccc2)cc1. The van der Waals surface area contributed by atoms with Gasteiger partial charge in [-0.3, -0.25) is 4.90 Å². The van der Waals surface area contributed by atoms with E-state index in [9.17, 15) is 0 Å². The molecule has 166 valence electrons. The molecule has 1 aliphatic rings. The highest BCUT2D eigenvalue weighted by Gasteiger charge is 2.35. The standard InChI is InChI=1S/C25H23N5OS2/c1-29(2)24(32)28-25-30(20-14-16-21(31-3)17-15-20)22(26-18-10-6-4-7-11-18)23(33-25)27-19-12-8-5-9-13-19/h4-17H,1-3H3. The Morgan fingerprint density at radius 2 is 1.42 bits per heavy atom. The quantitative estimate of drug-likeness (QED) is 0.441. The van der Waals surface area contributed by atoms with Crippen molar-refractivity contribution in [1.82, 2.24) is 4.90 Å². The zero-order valence-electron chi connectivity index (χ0n) is 18.5. The monoisotopic (exact) mass is 473 g/mol. The Bertz CT molecular complexity index is 1210. The fraction of sp³-hybridized carbons (Fsp3) is 0.120. The molecule has 1 aliphatic heterocycles. The maximum atomic E-state index is 5.49. The van der Waals surface area contributed by atoms with Crippen molar-refractivity contribution in [3.05, 3.63) is 84.9 Å². The molecule has 0 saturated carbocycles. The van der Waals surface area contributed by atoms with Gasteiger partial charge in [0.2, 0.25) is 0 Å². The fourth-order valence-electron chi connectivity index (χ4n) is 3.00. The van der Waals surface area contributed by atoms with Crippen LogP contribution in [0.4, 0.5) is 17.1 Å². The molecule has 0 aromatic heterocycles. The Morgan fingerprint density at radius 3 is 1.97 bits per heavy atom. The van der Waals surface area contributed by atoms with Crippen LogP contribution < -0.4 is 9.64 Å². The summed E-state index contributed by atoms with van der Waals surface area (Å²) in [5.74, 6) is 1.45. The van der Waals surface area contributed by atoms with Gasteiger partial charge in [-0.25, -0.2) is 9.98 Å². The number of rotatable bonds is 4. The highest BCUT2D eigenvalue weighted by Crippen LogP contribution is 2.33. The molecule has 3 aromatic carbocycles. The molecular formula is C25H23N5OS2. The Hall–Kier alpha value is -3.49. The van der Waals surface area contributed by atoms with Crippen molar-refractivity contribution in [2.75, 3.05) is 26.1 Å². The summed E-state index contributed by atoms with van der Waals surface area (Å²) in [6.45, 7) is 0. The molecule has 6 nitrogen and oxygen atoms in total. The molecular weight excluding hydrogens is 450 g/mol. The van der Waals surface area contributed by atoms with E-state index in [0.717, 1.165) is 27.9 Å². The Morgan fingerprint density at radius 1 is 0.848 bits per heavy atom. The second-order valence-corrected chi connectivity index (χ2v) is 8.55. The summed E-state index contributed by atoms with van der Waals surface area (Å²) in [5, 5.41) is 1.89. The number of anilines is 1. The second-order valence-electron chi connectivity index (χ2n) is 7.23. The third-order valence-electron chi connectivity index (χ3n) is 4.66. The van der Waals surface area contributed by atoms with Gasteiger partial charge in [0.25, 0.3) is 0 Å². The number of benzene rings is 3. The largest absolute Gasteiger partial charge is 0.497 e. The highest BCUT2D eigenvalue weighted by molar-refractivity contribution is 8.29. The highest BCUT2D eigenvalue weighted by atomic mass is 32.2. The van der Waals surface area contributed by atoms with Crippen molar-refractivity contribution in [3.8, 4) is 5.75 Å². The number of ether oxygens (including phenoxy) is 1. The van der Waals surface area contributed by atoms with E-state index in [-0.39, 0.29) is 0 Å². The molecule has 4 rings (SSSR count). The van der Waals surface area contributed by atoms with Gasteiger partial charge in [0.05, 0.1) is 18.5 Å². The minimum atomic E-state index is 0.469. The molecule has 1 saturated heterocycles. The van der Waals surface area contributed by atoms with Crippen molar-refractivity contribution in [3.63, 3.8) is 0 Å². The summed E-state index contributed by atoms with van der Waals surface area (Å²) in [5.41, 5.74) is 2.55. The van der Waals surface area contributed by atoms with E-state index >= 15 is 0 Å². The summed E-state index contributed by atoms with van der Waals surface area (Å²) < 4.78 is 5.34. The summed E-state index contributed by atoms with van der Waals surface area (Å²) in [4.78, 5) is 18.4. The van der Waals surface area contributed by atoms with E-state index in [1.807, 2.05) is 104 Å². The van der Waals surface area contributed by atoms with Crippen LogP contribution in [-0.2, 0) is 0 Å².